The van der Waals surface area contributed by atoms with Gasteiger partial charge in [-0.3, -0.25) is 9.79 Å². The van der Waals surface area contributed by atoms with Crippen LogP contribution in [0.25, 0.3) is 0 Å². The smallest absolute Gasteiger partial charge is 0.433 e. The van der Waals surface area contributed by atoms with E-state index in [4.69, 9.17) is 16.3 Å². The third kappa shape index (κ3) is 5.54. The fraction of sp³-hybridized carbons (Fsp3) is 0.381. The number of carbonyl (C=O) groups excluding carboxylic acids is 1. The molecule has 2 aromatic rings. The zero-order chi connectivity index (χ0) is 26.4. The first kappa shape index (κ1) is 26.8. The van der Waals surface area contributed by atoms with Gasteiger partial charge in [0, 0.05) is 29.6 Å². The van der Waals surface area contributed by atoms with Crippen LogP contribution in [0.4, 0.5) is 39.5 Å². The van der Waals surface area contributed by atoms with Gasteiger partial charge in [0.05, 0.1) is 17.8 Å². The van der Waals surface area contributed by atoms with Crippen LogP contribution in [-0.2, 0) is 33.9 Å². The average Bonchev–Trinajstić information content (AvgIpc) is 3.18. The number of esters is 1. The van der Waals surface area contributed by atoms with E-state index in [1.165, 1.54) is 18.2 Å². The molecule has 0 bridgehead atoms. The molecule has 0 saturated carbocycles. The van der Waals surface area contributed by atoms with Crippen molar-refractivity contribution < 1.29 is 49.0 Å². The van der Waals surface area contributed by atoms with Crippen LogP contribution in [0.15, 0.2) is 35.3 Å². The molecule has 2 heterocycles. The molecule has 1 aromatic carbocycles. The Kier molecular flexibility index (Phi) is 6.88. The van der Waals surface area contributed by atoms with Gasteiger partial charge in [-0.25, -0.2) is 4.98 Å². The first-order valence-corrected chi connectivity index (χ1v) is 10.0. The highest BCUT2D eigenvalue weighted by molar-refractivity contribution is 6.31. The van der Waals surface area contributed by atoms with Crippen molar-refractivity contribution in [3.8, 4) is 0 Å². The molecule has 4 nitrogen and oxygen atoms in total. The van der Waals surface area contributed by atoms with Crippen LogP contribution in [0, 0.1) is 0 Å². The van der Waals surface area contributed by atoms with Gasteiger partial charge in [-0.1, -0.05) is 23.7 Å². The molecule has 1 aliphatic heterocycles. The number of rotatable bonds is 4. The van der Waals surface area contributed by atoms with E-state index in [2.05, 4.69) is 9.98 Å². The summed E-state index contributed by atoms with van der Waals surface area (Å²) in [7, 11) is 0. The van der Waals surface area contributed by atoms with E-state index in [0.29, 0.717) is 5.56 Å². The number of nitrogens with zero attached hydrogens (tertiary/aromatic N) is 2. The Balaban J connectivity index is 2.05. The lowest BCUT2D eigenvalue weighted by Gasteiger charge is -2.31. The standard InChI is InChI=1S/C21H14ClF9N2O2/c1-10(34)35-8-12-3-2-11(4-14(12)22)15-7-18(9-32-15,21(29,30)31)16-5-13(19(23,24)25)6-17(33-16)20(26,27)28/h2-6H,7-9H2,1H3. The number of hydrogen-bond donors (Lipinski definition) is 0. The molecule has 0 amide bonds. The average molecular weight is 533 g/mol. The molecule has 0 radical (unpaired) electrons. The molecule has 0 aliphatic carbocycles. The predicted molar refractivity (Wildman–Crippen MR) is 105 cm³/mol. The monoisotopic (exact) mass is 532 g/mol. The van der Waals surface area contributed by atoms with E-state index >= 15 is 0 Å². The van der Waals surface area contributed by atoms with E-state index < -0.39 is 59.8 Å². The molecule has 1 atom stereocenters. The molecule has 1 unspecified atom stereocenters. The van der Waals surface area contributed by atoms with Crippen molar-refractivity contribution >= 4 is 23.3 Å². The maximum Gasteiger partial charge on any atom is 0.433 e. The number of ether oxygens (including phenoxy) is 1. The van der Waals surface area contributed by atoms with Crippen LogP contribution in [0.5, 0.6) is 0 Å². The minimum atomic E-state index is -5.42. The van der Waals surface area contributed by atoms with E-state index in [1.807, 2.05) is 0 Å². The number of aliphatic imine (C=N–C) groups is 1. The van der Waals surface area contributed by atoms with Gasteiger partial charge in [-0.2, -0.15) is 39.5 Å². The number of pyridine rings is 1. The van der Waals surface area contributed by atoms with Crippen molar-refractivity contribution in [3.05, 3.63) is 63.4 Å². The number of carbonyl (C=O) groups is 1. The minimum absolute atomic E-state index is 0.00695. The van der Waals surface area contributed by atoms with Crippen LogP contribution in [0.3, 0.4) is 0 Å². The van der Waals surface area contributed by atoms with Gasteiger partial charge >= 0.3 is 24.5 Å². The summed E-state index contributed by atoms with van der Waals surface area (Å²) in [5.74, 6) is -0.605. The topological polar surface area (TPSA) is 51.5 Å². The van der Waals surface area contributed by atoms with Gasteiger partial charge in [0.25, 0.3) is 0 Å². The molecule has 0 fully saturated rings. The van der Waals surface area contributed by atoms with Crippen molar-refractivity contribution in [2.45, 2.75) is 43.9 Å². The normalized spacial score (nSPS) is 19.0. The summed E-state index contributed by atoms with van der Waals surface area (Å²) in [5.41, 5.74) is -8.54. The van der Waals surface area contributed by atoms with Crippen LogP contribution in [0.1, 0.15) is 41.4 Å². The quantitative estimate of drug-likeness (QED) is 0.332. The van der Waals surface area contributed by atoms with Gasteiger partial charge in [0.2, 0.25) is 0 Å². The zero-order valence-corrected chi connectivity index (χ0v) is 18.3. The Labute approximate surface area is 196 Å². The molecule has 0 spiro atoms. The molecule has 1 aromatic heterocycles. The maximum atomic E-state index is 14.2. The molecule has 0 N–H and O–H groups in total. The van der Waals surface area contributed by atoms with E-state index in [9.17, 15) is 44.3 Å². The number of benzene rings is 1. The number of alkyl halides is 9. The van der Waals surface area contributed by atoms with Crippen molar-refractivity contribution in [1.82, 2.24) is 4.98 Å². The second-order valence-corrected chi connectivity index (χ2v) is 8.14. The Morgan fingerprint density at radius 3 is 2.20 bits per heavy atom. The van der Waals surface area contributed by atoms with E-state index in [1.54, 1.807) is 0 Å². The lowest BCUT2D eigenvalue weighted by Crippen LogP contribution is -2.45. The van der Waals surface area contributed by atoms with Gasteiger partial charge in [0.1, 0.15) is 17.7 Å². The Morgan fingerprint density at radius 2 is 1.69 bits per heavy atom. The van der Waals surface area contributed by atoms with Crippen molar-refractivity contribution in [2.24, 2.45) is 4.99 Å². The zero-order valence-electron chi connectivity index (χ0n) is 17.5. The fourth-order valence-corrected chi connectivity index (χ4v) is 3.67. The molecule has 190 valence electrons. The molecule has 0 saturated heterocycles. The predicted octanol–water partition coefficient (Wildman–Crippen LogP) is 6.53. The summed E-state index contributed by atoms with van der Waals surface area (Å²) in [6.45, 7) is -0.246. The van der Waals surface area contributed by atoms with Crippen LogP contribution >= 0.6 is 11.6 Å². The summed E-state index contributed by atoms with van der Waals surface area (Å²) >= 11 is 6.08. The largest absolute Gasteiger partial charge is 0.461 e. The Hall–Kier alpha value is -2.83. The van der Waals surface area contributed by atoms with Crippen LogP contribution in [0.2, 0.25) is 5.02 Å². The van der Waals surface area contributed by atoms with Crippen LogP contribution in [-0.4, -0.2) is 29.4 Å². The lowest BCUT2D eigenvalue weighted by molar-refractivity contribution is -0.186. The van der Waals surface area contributed by atoms with Crippen molar-refractivity contribution in [2.75, 3.05) is 6.54 Å². The SMILES string of the molecule is CC(=O)OCc1ccc(C2=NCC(c3cc(C(F)(F)F)cc(C(F)(F)F)n3)(C(F)(F)F)C2)cc1Cl. The Bertz CT molecular complexity index is 1140. The first-order valence-electron chi connectivity index (χ1n) is 9.63. The van der Waals surface area contributed by atoms with Crippen molar-refractivity contribution in [3.63, 3.8) is 0 Å². The summed E-state index contributed by atoms with van der Waals surface area (Å²) in [5, 5.41) is 0.00695. The number of halogens is 10. The van der Waals surface area contributed by atoms with Gasteiger partial charge in [-0.15, -0.1) is 0 Å². The molecule has 35 heavy (non-hydrogen) atoms. The second-order valence-electron chi connectivity index (χ2n) is 7.73. The molecular formula is C21H14ClF9N2O2. The lowest BCUT2D eigenvalue weighted by atomic mass is 9.79. The molecular weight excluding hydrogens is 519 g/mol. The highest BCUT2D eigenvalue weighted by atomic mass is 35.5. The second kappa shape index (κ2) is 8.99. The highest BCUT2D eigenvalue weighted by Gasteiger charge is 2.60. The number of hydrogen-bond acceptors (Lipinski definition) is 4. The summed E-state index contributed by atoms with van der Waals surface area (Å²) < 4.78 is 127. The third-order valence-corrected chi connectivity index (χ3v) is 5.65. The van der Waals surface area contributed by atoms with Crippen LogP contribution < -0.4 is 0 Å². The van der Waals surface area contributed by atoms with E-state index in [0.717, 1.165) is 6.92 Å². The molecule has 1 aliphatic rings. The summed E-state index contributed by atoms with van der Waals surface area (Å²) in [6.07, 6.45) is -17.1. The van der Waals surface area contributed by atoms with Gasteiger partial charge < -0.3 is 4.74 Å². The van der Waals surface area contributed by atoms with Gasteiger partial charge in [0.15, 0.2) is 0 Å². The van der Waals surface area contributed by atoms with E-state index in [-0.39, 0.29) is 35.0 Å². The fourth-order valence-electron chi connectivity index (χ4n) is 3.44. The molecule has 3 rings (SSSR count). The highest BCUT2D eigenvalue weighted by Crippen LogP contribution is 2.49. The summed E-state index contributed by atoms with van der Waals surface area (Å²) in [4.78, 5) is 17.7. The Morgan fingerprint density at radius 1 is 1.03 bits per heavy atom. The van der Waals surface area contributed by atoms with Gasteiger partial charge in [-0.05, 0) is 23.8 Å². The van der Waals surface area contributed by atoms with Crippen molar-refractivity contribution in [1.29, 1.82) is 0 Å². The molecule has 14 heteroatoms. The summed E-state index contributed by atoms with van der Waals surface area (Å²) in [6, 6.07) is 3.49. The third-order valence-electron chi connectivity index (χ3n) is 5.30. The maximum absolute atomic E-state index is 14.2. The number of aromatic nitrogens is 1. The first-order chi connectivity index (χ1) is 15.9. The minimum Gasteiger partial charge on any atom is -0.461 e.